The summed E-state index contributed by atoms with van der Waals surface area (Å²) >= 11 is 1.28. The molecule has 5 heteroatoms. The summed E-state index contributed by atoms with van der Waals surface area (Å²) in [5.74, 6) is 1.35. The Morgan fingerprint density at radius 3 is 1.15 bits per heavy atom. The van der Waals surface area contributed by atoms with Crippen LogP contribution in [0, 0.1) is 0 Å². The van der Waals surface area contributed by atoms with Gasteiger partial charge in [-0.25, -0.2) is 4.57 Å². The molecule has 224 valence electrons. The van der Waals surface area contributed by atoms with Gasteiger partial charge in [0.1, 0.15) is 11.5 Å². The molecule has 41 heavy (non-hydrogen) atoms. The third kappa shape index (κ3) is 7.26. The summed E-state index contributed by atoms with van der Waals surface area (Å²) in [4.78, 5) is 0.989. The van der Waals surface area contributed by atoms with Crippen molar-refractivity contribution < 1.29 is 13.6 Å². The summed E-state index contributed by atoms with van der Waals surface area (Å²) in [6.45, 7) is 15.9. The molecule has 0 N–H and O–H groups in total. The van der Waals surface area contributed by atoms with Crippen LogP contribution in [0.2, 0.25) is 0 Å². The van der Waals surface area contributed by atoms with Crippen molar-refractivity contribution in [3.05, 3.63) is 86.5 Å². The lowest BCUT2D eigenvalue weighted by molar-refractivity contribution is 0.404. The molecule has 0 aliphatic rings. The molecule has 0 aromatic heterocycles. The molecule has 0 unspecified atom stereocenters. The fraction of sp³-hybridized carbons (Fsp3) is 0.500. The Balaban J connectivity index is 2.22. The molecule has 0 radical (unpaired) electrons. The summed E-state index contributed by atoms with van der Waals surface area (Å²) < 4.78 is 28.4. The Hall–Kier alpha value is -2.16. The van der Waals surface area contributed by atoms with E-state index in [4.69, 9.17) is 9.05 Å². The molecule has 3 rings (SSSR count). The summed E-state index contributed by atoms with van der Waals surface area (Å²) in [5.41, 5.74) is 11.5. The predicted molar refractivity (Wildman–Crippen MR) is 178 cm³/mol. The summed E-state index contributed by atoms with van der Waals surface area (Å²) in [6.07, 6.45) is 8.19. The van der Waals surface area contributed by atoms with E-state index in [9.17, 15) is 0 Å². The van der Waals surface area contributed by atoms with Gasteiger partial charge in [0.15, 0.2) is 0 Å². The van der Waals surface area contributed by atoms with Crippen LogP contribution >= 0.6 is 18.2 Å². The van der Waals surface area contributed by atoms with Crippen molar-refractivity contribution >= 4 is 18.2 Å². The van der Waals surface area contributed by atoms with E-state index in [-0.39, 0.29) is 0 Å². The Morgan fingerprint density at radius 1 is 0.463 bits per heavy atom. The van der Waals surface area contributed by atoms with Crippen LogP contribution < -0.4 is 9.05 Å². The Bertz CT molecular complexity index is 1210. The summed E-state index contributed by atoms with van der Waals surface area (Å²) in [7, 11) is 0. The normalized spacial score (nSPS) is 11.6. The molecular formula is C36H51O3PS. The van der Waals surface area contributed by atoms with Crippen LogP contribution in [-0.2, 0) is 62.4 Å². The molecule has 0 aliphatic carbocycles. The van der Waals surface area contributed by atoms with E-state index in [2.05, 4.69) is 86.6 Å². The molecule has 0 saturated heterocycles. The maximum atomic E-state index is 15.1. The van der Waals surface area contributed by atoms with Crippen molar-refractivity contribution in [2.75, 3.05) is 0 Å². The lowest BCUT2D eigenvalue weighted by Crippen LogP contribution is -2.07. The molecule has 0 spiro atoms. The van der Waals surface area contributed by atoms with Crippen molar-refractivity contribution in [1.82, 2.24) is 0 Å². The van der Waals surface area contributed by atoms with Crippen LogP contribution in [0.4, 0.5) is 0 Å². The average Bonchev–Trinajstić information content (AvgIpc) is 2.99. The molecule has 0 saturated carbocycles. The molecule has 0 bridgehead atoms. The van der Waals surface area contributed by atoms with Gasteiger partial charge >= 0.3 is 6.80 Å². The van der Waals surface area contributed by atoms with Gasteiger partial charge in [-0.1, -0.05) is 80.5 Å². The van der Waals surface area contributed by atoms with Crippen molar-refractivity contribution in [3.8, 4) is 11.5 Å². The highest BCUT2D eigenvalue weighted by atomic mass is 32.7. The van der Waals surface area contributed by atoms with Crippen LogP contribution in [0.15, 0.2) is 41.3 Å². The fourth-order valence-corrected chi connectivity index (χ4v) is 9.94. The quantitative estimate of drug-likeness (QED) is 0.164. The highest BCUT2D eigenvalue weighted by Gasteiger charge is 2.34. The Morgan fingerprint density at radius 2 is 0.805 bits per heavy atom. The maximum Gasteiger partial charge on any atom is 0.497 e. The zero-order chi connectivity index (χ0) is 30.2. The Kier molecular flexibility index (Phi) is 12.5. The molecule has 0 heterocycles. The fourth-order valence-electron chi connectivity index (χ4n) is 6.31. The van der Waals surface area contributed by atoms with Gasteiger partial charge in [-0.05, 0) is 126 Å². The van der Waals surface area contributed by atoms with E-state index in [0.29, 0.717) is 11.5 Å². The zero-order valence-electron chi connectivity index (χ0n) is 26.9. The van der Waals surface area contributed by atoms with Gasteiger partial charge < -0.3 is 9.05 Å². The van der Waals surface area contributed by atoms with E-state index in [0.717, 1.165) is 73.8 Å². The van der Waals surface area contributed by atoms with Crippen molar-refractivity contribution in [3.63, 3.8) is 0 Å². The van der Waals surface area contributed by atoms with Crippen LogP contribution in [0.5, 0.6) is 11.5 Å². The molecule has 0 fully saturated rings. The van der Waals surface area contributed by atoms with Gasteiger partial charge in [-0.15, -0.1) is 0 Å². The smallest absolute Gasteiger partial charge is 0.408 e. The van der Waals surface area contributed by atoms with Crippen LogP contribution in [-0.4, -0.2) is 0 Å². The van der Waals surface area contributed by atoms with E-state index in [1.807, 2.05) is 12.1 Å². The van der Waals surface area contributed by atoms with Gasteiger partial charge in [-0.3, -0.25) is 0 Å². The highest BCUT2D eigenvalue weighted by molar-refractivity contribution is 8.55. The monoisotopic (exact) mass is 594 g/mol. The number of rotatable bonds is 15. The minimum absolute atomic E-state index is 0.676. The first-order valence-electron chi connectivity index (χ1n) is 15.9. The second kappa shape index (κ2) is 15.4. The predicted octanol–water partition coefficient (Wildman–Crippen LogP) is 11.1. The number of aryl methyl sites for hydroxylation is 3. The molecule has 0 aliphatic heterocycles. The molecule has 3 aromatic rings. The minimum Gasteiger partial charge on any atom is -0.408 e. The largest absolute Gasteiger partial charge is 0.497 e. The number of benzene rings is 3. The first kappa shape index (κ1) is 33.3. The van der Waals surface area contributed by atoms with E-state index >= 15 is 4.57 Å². The second-order valence-corrected chi connectivity index (χ2v) is 14.2. The van der Waals surface area contributed by atoms with E-state index in [1.54, 1.807) is 0 Å². The second-order valence-electron chi connectivity index (χ2n) is 10.4. The van der Waals surface area contributed by atoms with Gasteiger partial charge in [0.2, 0.25) is 0 Å². The van der Waals surface area contributed by atoms with Gasteiger partial charge in [0, 0.05) is 16.3 Å². The standard InChI is InChI=1S/C36H51O3PS/c1-10-25-19-22-34(31(16-7)28(25)13-4)38-40(37,39-35-23-20-26(11-2)29(14-5)32(35)17-8)41-36-24-21-27(12-3)30(15-6)33(36)18-9/h19-24H,10-18H2,1-9H3. The molecule has 3 aromatic carbocycles. The lowest BCUT2D eigenvalue weighted by atomic mass is 9.95. The third-order valence-electron chi connectivity index (χ3n) is 8.35. The minimum atomic E-state index is -3.75. The SMILES string of the molecule is CCc1ccc(OP(=O)(Oc2ccc(CC)c(CC)c2CC)Sc2ccc(CC)c(CC)c2CC)c(CC)c1CC. The topological polar surface area (TPSA) is 35.5 Å². The number of hydrogen-bond acceptors (Lipinski definition) is 4. The van der Waals surface area contributed by atoms with Gasteiger partial charge in [0.25, 0.3) is 0 Å². The van der Waals surface area contributed by atoms with E-state index in [1.165, 1.54) is 50.3 Å². The highest BCUT2D eigenvalue weighted by Crippen LogP contribution is 2.64. The van der Waals surface area contributed by atoms with Crippen molar-refractivity contribution in [2.45, 2.75) is 125 Å². The first-order valence-corrected chi connectivity index (χ1v) is 18.8. The van der Waals surface area contributed by atoms with E-state index < -0.39 is 6.80 Å². The molecule has 0 atom stereocenters. The Labute approximate surface area is 254 Å². The van der Waals surface area contributed by atoms with Gasteiger partial charge in [-0.2, -0.15) is 0 Å². The summed E-state index contributed by atoms with van der Waals surface area (Å²) in [6, 6.07) is 12.6. The number of hydrogen-bond donors (Lipinski definition) is 0. The maximum absolute atomic E-state index is 15.1. The van der Waals surface area contributed by atoms with Crippen molar-refractivity contribution in [1.29, 1.82) is 0 Å². The molecular weight excluding hydrogens is 543 g/mol. The third-order valence-corrected chi connectivity index (χ3v) is 11.7. The molecule has 0 amide bonds. The van der Waals surface area contributed by atoms with Crippen LogP contribution in [0.1, 0.15) is 112 Å². The first-order chi connectivity index (χ1) is 19.8. The van der Waals surface area contributed by atoms with Gasteiger partial charge in [0.05, 0.1) is 0 Å². The lowest BCUT2D eigenvalue weighted by Gasteiger charge is -2.26. The molecule has 3 nitrogen and oxygen atoms in total. The van der Waals surface area contributed by atoms with Crippen LogP contribution in [0.3, 0.4) is 0 Å². The summed E-state index contributed by atoms with van der Waals surface area (Å²) in [5, 5.41) is 0. The zero-order valence-corrected chi connectivity index (χ0v) is 28.6. The van der Waals surface area contributed by atoms with Crippen LogP contribution in [0.25, 0.3) is 0 Å². The van der Waals surface area contributed by atoms with Crippen molar-refractivity contribution in [2.24, 2.45) is 0 Å². The average molecular weight is 595 g/mol.